The number of sulfonamides is 1. The Morgan fingerprint density at radius 2 is 1.73 bits per heavy atom. The quantitative estimate of drug-likeness (QED) is 0.586. The van der Waals surface area contributed by atoms with Gasteiger partial charge in [0.15, 0.2) is 0 Å². The van der Waals surface area contributed by atoms with Crippen molar-refractivity contribution in [2.75, 3.05) is 14.2 Å². The van der Waals surface area contributed by atoms with Gasteiger partial charge < -0.3 is 10.6 Å². The molecule has 30 heavy (non-hydrogen) atoms. The average Bonchev–Trinajstić information content (AvgIpc) is 3.57. The van der Waals surface area contributed by atoms with Gasteiger partial charge in [0.1, 0.15) is 6.04 Å². The monoisotopic (exact) mass is 431 g/mol. The summed E-state index contributed by atoms with van der Waals surface area (Å²) in [5, 5.41) is 5.70. The van der Waals surface area contributed by atoms with Gasteiger partial charge >= 0.3 is 0 Å². The Kier molecular flexibility index (Phi) is 6.86. The van der Waals surface area contributed by atoms with Crippen LogP contribution in [0.2, 0.25) is 0 Å². The summed E-state index contributed by atoms with van der Waals surface area (Å²) in [6.45, 7) is 0. The highest BCUT2D eigenvalue weighted by Crippen LogP contribution is 2.19. The first kappa shape index (κ1) is 21.9. The lowest BCUT2D eigenvalue weighted by atomic mass is 10.0. The highest BCUT2D eigenvalue weighted by Gasteiger charge is 2.29. The zero-order chi connectivity index (χ0) is 21.7. The molecule has 3 rings (SSSR count). The van der Waals surface area contributed by atoms with E-state index in [-0.39, 0.29) is 22.4 Å². The zero-order valence-corrected chi connectivity index (χ0v) is 17.7. The molecule has 0 spiro atoms. The van der Waals surface area contributed by atoms with Crippen molar-refractivity contribution in [2.24, 2.45) is 0 Å². The average molecular weight is 432 g/mol. The number of benzene rings is 2. The fraction of sp³-hybridized carbons (Fsp3) is 0.333. The van der Waals surface area contributed by atoms with Crippen LogP contribution in [0.1, 0.15) is 28.8 Å². The number of nitrogens with one attached hydrogen (secondary N) is 2. The first-order valence-corrected chi connectivity index (χ1v) is 11.0. The van der Waals surface area contributed by atoms with Gasteiger partial charge in [-0.05, 0) is 42.7 Å². The first-order chi connectivity index (χ1) is 14.3. The zero-order valence-electron chi connectivity index (χ0n) is 16.9. The second kappa shape index (κ2) is 9.38. The van der Waals surface area contributed by atoms with Crippen LogP contribution in [0.15, 0.2) is 59.5 Å². The highest BCUT2D eigenvalue weighted by molar-refractivity contribution is 7.89. The van der Waals surface area contributed by atoms with Crippen molar-refractivity contribution in [3.8, 4) is 0 Å². The van der Waals surface area contributed by atoms with Crippen molar-refractivity contribution < 1.29 is 22.8 Å². The van der Waals surface area contributed by atoms with Crippen LogP contribution >= 0.6 is 0 Å². The van der Waals surface area contributed by atoms with Gasteiger partial charge in [-0.25, -0.2) is 8.42 Å². The van der Waals surface area contributed by atoms with E-state index in [1.54, 1.807) is 0 Å². The van der Waals surface area contributed by atoms with Crippen LogP contribution < -0.4 is 10.6 Å². The summed E-state index contributed by atoms with van der Waals surface area (Å²) >= 11 is 0. The fourth-order valence-electron chi connectivity index (χ4n) is 2.85. The smallest absolute Gasteiger partial charge is 0.264 e. The minimum absolute atomic E-state index is 0.00397. The SMILES string of the molecule is CON(C)S(=O)(=O)c1ccc(C(=O)NC(Cc2ccccc2)C(=O)NC2CC2)cc1. The molecular weight excluding hydrogens is 406 g/mol. The third-order valence-electron chi connectivity index (χ3n) is 4.84. The fourth-order valence-corrected chi connectivity index (χ4v) is 3.83. The Morgan fingerprint density at radius 3 is 2.30 bits per heavy atom. The second-order valence-electron chi connectivity index (χ2n) is 7.12. The van der Waals surface area contributed by atoms with Crippen LogP contribution in [-0.2, 0) is 26.1 Å². The predicted octanol–water partition coefficient (Wildman–Crippen LogP) is 1.49. The van der Waals surface area contributed by atoms with E-state index in [4.69, 9.17) is 4.84 Å². The number of hydroxylamine groups is 1. The van der Waals surface area contributed by atoms with E-state index in [0.717, 1.165) is 22.9 Å². The Balaban J connectivity index is 1.73. The lowest BCUT2D eigenvalue weighted by molar-refractivity contribution is -0.123. The molecule has 2 aromatic carbocycles. The molecule has 2 N–H and O–H groups in total. The molecule has 0 bridgehead atoms. The summed E-state index contributed by atoms with van der Waals surface area (Å²) in [6, 6.07) is 14.4. The van der Waals surface area contributed by atoms with Crippen LogP contribution in [0.25, 0.3) is 0 Å². The van der Waals surface area contributed by atoms with Gasteiger partial charge in [-0.15, -0.1) is 0 Å². The minimum Gasteiger partial charge on any atom is -0.352 e. The van der Waals surface area contributed by atoms with Crippen LogP contribution in [0.4, 0.5) is 0 Å². The molecule has 9 heteroatoms. The first-order valence-electron chi connectivity index (χ1n) is 9.59. The molecule has 1 saturated carbocycles. The summed E-state index contributed by atoms with van der Waals surface area (Å²) in [5.74, 6) is -0.679. The minimum atomic E-state index is -3.80. The highest BCUT2D eigenvalue weighted by atomic mass is 32.2. The molecular formula is C21H25N3O5S. The number of carbonyl (C=O) groups is 2. The molecule has 0 radical (unpaired) electrons. The molecule has 1 fully saturated rings. The van der Waals surface area contributed by atoms with Crippen molar-refractivity contribution in [3.63, 3.8) is 0 Å². The normalized spacial score (nSPS) is 14.9. The summed E-state index contributed by atoms with van der Waals surface area (Å²) in [4.78, 5) is 30.1. The summed E-state index contributed by atoms with van der Waals surface area (Å²) in [7, 11) is -1.27. The molecule has 0 aliphatic heterocycles. The number of amides is 2. The second-order valence-corrected chi connectivity index (χ2v) is 9.06. The number of rotatable bonds is 9. The number of carbonyl (C=O) groups excluding carboxylic acids is 2. The van der Waals surface area contributed by atoms with Crippen LogP contribution in [0.5, 0.6) is 0 Å². The van der Waals surface area contributed by atoms with E-state index < -0.39 is 22.0 Å². The summed E-state index contributed by atoms with van der Waals surface area (Å²) in [6.07, 6.45) is 2.25. The van der Waals surface area contributed by atoms with E-state index in [2.05, 4.69) is 10.6 Å². The molecule has 8 nitrogen and oxygen atoms in total. The van der Waals surface area contributed by atoms with Crippen molar-refractivity contribution in [2.45, 2.75) is 36.2 Å². The Morgan fingerprint density at radius 1 is 1.10 bits per heavy atom. The molecule has 1 aliphatic carbocycles. The van der Waals surface area contributed by atoms with Gasteiger partial charge in [-0.3, -0.25) is 14.4 Å². The van der Waals surface area contributed by atoms with Gasteiger partial charge in [-0.1, -0.05) is 34.8 Å². The molecule has 0 saturated heterocycles. The summed E-state index contributed by atoms with van der Waals surface area (Å²) in [5.41, 5.74) is 1.18. The van der Waals surface area contributed by atoms with Gasteiger partial charge in [0.05, 0.1) is 12.0 Å². The maximum absolute atomic E-state index is 12.7. The Hall–Kier alpha value is -2.75. The summed E-state index contributed by atoms with van der Waals surface area (Å²) < 4.78 is 25.3. The largest absolute Gasteiger partial charge is 0.352 e. The van der Waals surface area contributed by atoms with E-state index in [0.29, 0.717) is 6.42 Å². The van der Waals surface area contributed by atoms with Crippen molar-refractivity contribution in [1.29, 1.82) is 0 Å². The molecule has 160 valence electrons. The lowest BCUT2D eigenvalue weighted by Gasteiger charge is -2.19. The molecule has 2 amide bonds. The Labute approximate surface area is 176 Å². The molecule has 2 aromatic rings. The Bertz CT molecular complexity index is 989. The van der Waals surface area contributed by atoms with Gasteiger partial charge in [0.2, 0.25) is 5.91 Å². The van der Waals surface area contributed by atoms with Crippen LogP contribution in [-0.4, -0.2) is 50.9 Å². The van der Waals surface area contributed by atoms with Gasteiger partial charge in [0, 0.05) is 25.1 Å². The van der Waals surface area contributed by atoms with Crippen molar-refractivity contribution in [3.05, 3.63) is 65.7 Å². The van der Waals surface area contributed by atoms with Gasteiger partial charge in [0.25, 0.3) is 15.9 Å². The topological polar surface area (TPSA) is 105 Å². The van der Waals surface area contributed by atoms with Crippen LogP contribution in [0.3, 0.4) is 0 Å². The van der Waals surface area contributed by atoms with Crippen molar-refractivity contribution >= 4 is 21.8 Å². The van der Waals surface area contributed by atoms with E-state index >= 15 is 0 Å². The standard InChI is InChI=1S/C21H25N3O5S/c1-24(29-2)30(27,28)18-12-8-16(9-13-18)20(25)23-19(21(26)22-17-10-11-17)14-15-6-4-3-5-7-15/h3-9,12-13,17,19H,10-11,14H2,1-2H3,(H,22,26)(H,23,25). The predicted molar refractivity (Wildman–Crippen MR) is 111 cm³/mol. The van der Waals surface area contributed by atoms with Gasteiger partial charge in [-0.2, -0.15) is 0 Å². The lowest BCUT2D eigenvalue weighted by Crippen LogP contribution is -2.48. The number of hydrogen-bond acceptors (Lipinski definition) is 5. The molecule has 1 aliphatic rings. The molecule has 0 heterocycles. The molecule has 0 aromatic heterocycles. The van der Waals surface area contributed by atoms with E-state index in [1.807, 2.05) is 30.3 Å². The molecule has 1 unspecified atom stereocenters. The van der Waals surface area contributed by atoms with Crippen molar-refractivity contribution in [1.82, 2.24) is 15.1 Å². The maximum atomic E-state index is 12.7. The maximum Gasteiger partial charge on any atom is 0.264 e. The molecule has 1 atom stereocenters. The number of nitrogens with zero attached hydrogens (tertiary/aromatic N) is 1. The van der Waals surface area contributed by atoms with E-state index in [1.165, 1.54) is 38.4 Å². The van der Waals surface area contributed by atoms with E-state index in [9.17, 15) is 18.0 Å². The third-order valence-corrected chi connectivity index (χ3v) is 6.53. The third kappa shape index (κ3) is 5.44. The van der Waals surface area contributed by atoms with Crippen LogP contribution in [0, 0.1) is 0 Å². The number of hydrogen-bond donors (Lipinski definition) is 2.